The van der Waals surface area contributed by atoms with Crippen LogP contribution in [0.4, 0.5) is 0 Å². The van der Waals surface area contributed by atoms with Gasteiger partial charge in [-0.25, -0.2) is 5.43 Å². The Bertz CT molecular complexity index is 2750. The Balaban J connectivity index is 1.10. The summed E-state index contributed by atoms with van der Waals surface area (Å²) in [6, 6.07) is 12.3. The molecule has 2 aromatic carbocycles. The smallest absolute Gasteiger partial charge is 0.324 e. The van der Waals surface area contributed by atoms with Gasteiger partial charge in [0, 0.05) is 88.4 Å². The largest absolute Gasteiger partial charge is 0.508 e. The lowest BCUT2D eigenvalue weighted by Crippen LogP contribution is -2.62. The quantitative estimate of drug-likeness (QED) is 0.156. The van der Waals surface area contributed by atoms with Crippen LogP contribution in [0.5, 0.6) is 5.75 Å². The normalized spacial score (nSPS) is 21.6. The van der Waals surface area contributed by atoms with Crippen molar-refractivity contribution in [3.63, 3.8) is 0 Å². The third-order valence-electron chi connectivity index (χ3n) is 14.6. The number of benzene rings is 2. The van der Waals surface area contributed by atoms with E-state index in [1.54, 1.807) is 37.4 Å². The third-order valence-corrected chi connectivity index (χ3v) is 14.6. The summed E-state index contributed by atoms with van der Waals surface area (Å²) in [6.45, 7) is 13.9. The minimum Gasteiger partial charge on any atom is -0.508 e. The Morgan fingerprint density at radius 3 is 2.56 bits per heavy atom. The van der Waals surface area contributed by atoms with Crippen molar-refractivity contribution < 1.29 is 43.3 Å². The van der Waals surface area contributed by atoms with Crippen LogP contribution in [0.3, 0.4) is 0 Å². The second kappa shape index (κ2) is 22.2. The molecule has 4 aliphatic rings. The fourth-order valence-corrected chi connectivity index (χ4v) is 10.7. The van der Waals surface area contributed by atoms with Gasteiger partial charge >= 0.3 is 5.97 Å². The topological polar surface area (TPSA) is 188 Å². The molecule has 0 spiro atoms. The standard InChI is InChI=1S/C55H70N8O9/c1-34(2)49(60(7)52(67)38-17-21-62(32-38)47(65)14-11-19-61-22-24-71-25-23-61)51(66)57-45-28-36-26-39(29-40(64)27-36)37-15-16-46-42(30-37)43(50(59(46)6)41-12-9-18-56-48(41)35(3)70-8)31-55(4,5)33-72-54(69)44-13-10-20-63(58-44)53(45)68/h9,12,15-16,18,26-27,29-30,34-35,38,44-45,49,58,64H,10,13,17,19-25,28,31-33H2,1-8H3,(H,57,66)/t35-,38-,44-,45-,49?/m0/s1. The van der Waals surface area contributed by atoms with Crippen LogP contribution in [0.25, 0.3) is 33.3 Å². The summed E-state index contributed by atoms with van der Waals surface area (Å²) in [7, 11) is 5.28. The van der Waals surface area contributed by atoms with Crippen LogP contribution in [-0.2, 0) is 58.1 Å². The molecule has 5 atom stereocenters. The van der Waals surface area contributed by atoms with Gasteiger partial charge in [0.15, 0.2) is 0 Å². The number of aryl methyl sites for hydroxylation is 1. The number of aromatic hydroxyl groups is 1. The van der Waals surface area contributed by atoms with E-state index in [9.17, 15) is 29.1 Å². The molecule has 4 amide bonds. The number of hydrazine groups is 1. The van der Waals surface area contributed by atoms with Crippen LogP contribution in [0, 0.1) is 29.1 Å². The molecule has 72 heavy (non-hydrogen) atoms. The zero-order chi connectivity index (χ0) is 51.4. The highest BCUT2D eigenvalue weighted by Crippen LogP contribution is 2.42. The minimum atomic E-state index is -1.18. The van der Waals surface area contributed by atoms with Crippen molar-refractivity contribution in [2.75, 3.05) is 73.2 Å². The van der Waals surface area contributed by atoms with E-state index >= 15 is 0 Å². The maximum absolute atomic E-state index is 14.8. The minimum absolute atomic E-state index is 0.0188. The summed E-state index contributed by atoms with van der Waals surface area (Å²) in [5.74, 6) is 2.65. The number of methoxy groups -OCH3 is 1. The van der Waals surface area contributed by atoms with Crippen molar-refractivity contribution in [3.05, 3.63) is 71.5 Å². The van der Waals surface area contributed by atoms with Gasteiger partial charge in [-0.2, -0.15) is 0 Å². The number of nitrogens with zero attached hydrogens (tertiary/aromatic N) is 6. The van der Waals surface area contributed by atoms with Gasteiger partial charge in [0.25, 0.3) is 11.8 Å². The van der Waals surface area contributed by atoms with E-state index in [2.05, 4.69) is 64.1 Å². The van der Waals surface area contributed by atoms with Crippen molar-refractivity contribution in [2.45, 2.75) is 91.0 Å². The molecule has 17 nitrogen and oxygen atoms in total. The summed E-state index contributed by atoms with van der Waals surface area (Å²) in [4.78, 5) is 80.6. The van der Waals surface area contributed by atoms with Crippen molar-refractivity contribution in [1.29, 1.82) is 0 Å². The monoisotopic (exact) mass is 987 g/mol. The van der Waals surface area contributed by atoms with Gasteiger partial charge < -0.3 is 39.0 Å². The fourth-order valence-electron chi connectivity index (χ4n) is 10.7. The number of carbonyl (C=O) groups is 5. The molecule has 17 heteroatoms. The number of carbonyl (C=O) groups excluding carboxylic acids is 5. The SMILES string of the molecule is CO[C@@H](C)c1ncccc1-c1c2c3cc(ccc3n1C)-c1cc(O)cc(c1)C[C@H](NC(=O)C(C(C)C)N(C)C(=O)[C@H]1CCN(C(=O)C#CCN3CCOCC3)C1)C(=O)N1CCC[C@H](N1)C(=O)OCC(C)(C)C2. The summed E-state index contributed by atoms with van der Waals surface area (Å²) < 4.78 is 19.5. The van der Waals surface area contributed by atoms with Crippen molar-refractivity contribution in [3.8, 4) is 40.0 Å². The maximum Gasteiger partial charge on any atom is 0.324 e. The zero-order valence-corrected chi connectivity index (χ0v) is 43.0. The maximum atomic E-state index is 14.8. The van der Waals surface area contributed by atoms with E-state index in [1.807, 2.05) is 46.0 Å². The highest BCUT2D eigenvalue weighted by molar-refractivity contribution is 5.97. The number of nitrogens with one attached hydrogen (secondary N) is 2. The number of cyclic esters (lactones) is 1. The Morgan fingerprint density at radius 2 is 1.81 bits per heavy atom. The molecule has 1 unspecified atom stereocenters. The second-order valence-corrected chi connectivity index (χ2v) is 20.9. The molecule has 3 N–H and O–H groups in total. The van der Waals surface area contributed by atoms with Crippen LogP contribution >= 0.6 is 0 Å². The van der Waals surface area contributed by atoms with E-state index < -0.39 is 47.2 Å². The number of likely N-dealkylation sites (N-methyl/N-ethyl adjacent to an activating group) is 1. The number of amides is 4. The van der Waals surface area contributed by atoms with Crippen LogP contribution in [-0.4, -0.2) is 155 Å². The van der Waals surface area contributed by atoms with Gasteiger partial charge in [-0.1, -0.05) is 45.7 Å². The van der Waals surface area contributed by atoms with Gasteiger partial charge in [0.1, 0.15) is 23.9 Å². The van der Waals surface area contributed by atoms with Crippen LogP contribution in [0.15, 0.2) is 54.7 Å². The van der Waals surface area contributed by atoms with Crippen LogP contribution in [0.2, 0.25) is 0 Å². The molecule has 8 rings (SSSR count). The summed E-state index contributed by atoms with van der Waals surface area (Å²) in [6.07, 6.45) is 3.34. The zero-order valence-electron chi connectivity index (χ0n) is 43.0. The summed E-state index contributed by atoms with van der Waals surface area (Å²) >= 11 is 0. The Hall–Kier alpha value is -6.32. The molecule has 4 aromatic rings. The van der Waals surface area contributed by atoms with Crippen LogP contribution in [0.1, 0.15) is 76.8 Å². The van der Waals surface area contributed by atoms with Gasteiger partial charge in [-0.3, -0.25) is 38.9 Å². The number of pyridine rings is 1. The Kier molecular flexibility index (Phi) is 16.0. The van der Waals surface area contributed by atoms with Gasteiger partial charge in [-0.15, -0.1) is 0 Å². The molecule has 0 radical (unpaired) electrons. The van der Waals surface area contributed by atoms with Crippen molar-refractivity contribution in [1.82, 2.24) is 40.0 Å². The molecular formula is C55H70N8O9. The second-order valence-electron chi connectivity index (χ2n) is 20.9. The van der Waals surface area contributed by atoms with Crippen molar-refractivity contribution >= 4 is 40.5 Å². The van der Waals surface area contributed by atoms with E-state index in [4.69, 9.17) is 19.2 Å². The number of likely N-dealkylation sites (tertiary alicyclic amines) is 1. The fraction of sp³-hybridized carbons (Fsp3) is 0.527. The first kappa shape index (κ1) is 52.0. The molecule has 0 saturated carbocycles. The van der Waals surface area contributed by atoms with E-state index in [-0.39, 0.29) is 55.7 Å². The average molecular weight is 987 g/mol. The predicted molar refractivity (Wildman–Crippen MR) is 272 cm³/mol. The third kappa shape index (κ3) is 11.5. The van der Waals surface area contributed by atoms with Gasteiger partial charge in [0.05, 0.1) is 49.8 Å². The first-order chi connectivity index (χ1) is 34.4. The lowest BCUT2D eigenvalue weighted by Gasteiger charge is -2.37. The highest BCUT2D eigenvalue weighted by Gasteiger charge is 2.40. The number of rotatable bonds is 9. The lowest BCUT2D eigenvalue weighted by molar-refractivity contribution is -0.155. The number of hydrogen-bond donors (Lipinski definition) is 3. The number of phenolic OH excluding ortho intramolecular Hbond substituents is 1. The Labute approximate surface area is 422 Å². The molecule has 6 heterocycles. The van der Waals surface area contributed by atoms with Gasteiger partial charge in [0.2, 0.25) is 11.8 Å². The number of hydrogen-bond acceptors (Lipinski definition) is 12. The van der Waals surface area contributed by atoms with Crippen LogP contribution < -0.4 is 10.7 Å². The number of fused-ring (bicyclic) bond motifs is 6. The molecule has 6 bridgehead atoms. The molecule has 2 aromatic heterocycles. The lowest BCUT2D eigenvalue weighted by atomic mass is 9.84. The number of phenols is 1. The molecule has 384 valence electrons. The van der Waals surface area contributed by atoms with E-state index in [1.165, 1.54) is 9.91 Å². The summed E-state index contributed by atoms with van der Waals surface area (Å²) in [5, 5.41) is 16.7. The first-order valence-electron chi connectivity index (χ1n) is 25.2. The molecular weight excluding hydrogens is 917 g/mol. The number of esters is 1. The van der Waals surface area contributed by atoms with Crippen molar-refractivity contribution in [2.24, 2.45) is 24.3 Å². The molecule has 3 saturated heterocycles. The number of ether oxygens (including phenoxy) is 3. The average Bonchev–Trinajstić information content (AvgIpc) is 3.97. The molecule has 4 aliphatic heterocycles. The van der Waals surface area contributed by atoms with Gasteiger partial charge in [-0.05, 0) is 103 Å². The van der Waals surface area contributed by atoms with E-state index in [0.717, 1.165) is 52.1 Å². The van der Waals surface area contributed by atoms with E-state index in [0.29, 0.717) is 63.1 Å². The Morgan fingerprint density at radius 1 is 1.03 bits per heavy atom. The first-order valence-corrected chi connectivity index (χ1v) is 25.2. The summed E-state index contributed by atoms with van der Waals surface area (Å²) in [5.41, 5.74) is 9.37. The highest BCUT2D eigenvalue weighted by atomic mass is 16.5. The number of aromatic nitrogens is 2. The molecule has 3 fully saturated rings. The predicted octanol–water partition coefficient (Wildman–Crippen LogP) is 4.64. The number of morpholine rings is 1. The molecule has 0 aliphatic carbocycles.